The number of hydrogen-bond acceptors (Lipinski definition) is 2. The van der Waals surface area contributed by atoms with Gasteiger partial charge in [-0.05, 0) is 24.1 Å². The van der Waals surface area contributed by atoms with Crippen LogP contribution in [0.15, 0.2) is 29.2 Å². The van der Waals surface area contributed by atoms with Crippen molar-refractivity contribution in [3.8, 4) is 0 Å². The summed E-state index contributed by atoms with van der Waals surface area (Å²) in [6.45, 7) is -0.894. The van der Waals surface area contributed by atoms with Gasteiger partial charge in [-0.1, -0.05) is 12.1 Å². The van der Waals surface area contributed by atoms with Crippen LogP contribution in [0.3, 0.4) is 0 Å². The summed E-state index contributed by atoms with van der Waals surface area (Å²) < 4.78 is 59.6. The molecule has 7 heteroatoms. The van der Waals surface area contributed by atoms with E-state index >= 15 is 0 Å². The van der Waals surface area contributed by atoms with Crippen molar-refractivity contribution in [2.45, 2.75) is 23.7 Å². The molecule has 3 nitrogen and oxygen atoms in total. The molecule has 0 aliphatic rings. The lowest BCUT2D eigenvalue weighted by molar-refractivity contribution is 0.106. The molecule has 0 aliphatic carbocycles. The Balaban J connectivity index is 3.13. The summed E-state index contributed by atoms with van der Waals surface area (Å²) in [5.41, 5.74) is 0.0733. The molecule has 0 fully saturated rings. The van der Waals surface area contributed by atoms with E-state index in [-0.39, 0.29) is 16.9 Å². The Morgan fingerprint density at radius 1 is 1.29 bits per heavy atom. The van der Waals surface area contributed by atoms with Gasteiger partial charge in [-0.15, -0.1) is 0 Å². The van der Waals surface area contributed by atoms with Crippen molar-refractivity contribution < 1.29 is 21.6 Å². The molecule has 1 rings (SSSR count). The van der Waals surface area contributed by atoms with Gasteiger partial charge in [0.25, 0.3) is 0 Å². The number of benzene rings is 1. The first-order chi connectivity index (χ1) is 7.86. The molecule has 2 N–H and O–H groups in total. The number of alkyl halides is 3. The Hall–Kier alpha value is -1.08. The minimum absolute atomic E-state index is 0.0733. The van der Waals surface area contributed by atoms with Gasteiger partial charge in [0.2, 0.25) is 16.4 Å². The highest BCUT2D eigenvalue weighted by atomic mass is 32.2. The van der Waals surface area contributed by atoms with Crippen LogP contribution in [0.2, 0.25) is 0 Å². The van der Waals surface area contributed by atoms with Gasteiger partial charge in [-0.25, -0.2) is 22.3 Å². The van der Waals surface area contributed by atoms with Crippen LogP contribution in [0, 0.1) is 0 Å². The fraction of sp³-hybridized carbons (Fsp3) is 0.400. The third kappa shape index (κ3) is 3.71. The van der Waals surface area contributed by atoms with Crippen molar-refractivity contribution >= 4 is 10.0 Å². The molecule has 1 unspecified atom stereocenters. The Labute approximate surface area is 97.5 Å². The van der Waals surface area contributed by atoms with Crippen LogP contribution in [-0.2, 0) is 10.0 Å². The molecule has 17 heavy (non-hydrogen) atoms. The van der Waals surface area contributed by atoms with Crippen molar-refractivity contribution in [2.75, 3.05) is 6.67 Å². The summed E-state index contributed by atoms with van der Waals surface area (Å²) >= 11 is 0. The molecule has 0 radical (unpaired) electrons. The van der Waals surface area contributed by atoms with Crippen LogP contribution >= 0.6 is 0 Å². The Kier molecular flexibility index (Phi) is 4.53. The van der Waals surface area contributed by atoms with Crippen LogP contribution in [0.4, 0.5) is 13.2 Å². The summed E-state index contributed by atoms with van der Waals surface area (Å²) in [4.78, 5) is -0.250. The molecule has 0 aliphatic heterocycles. The number of halogens is 3. The molecule has 1 aromatic rings. The lowest BCUT2D eigenvalue weighted by atomic mass is 9.97. The zero-order valence-corrected chi connectivity index (χ0v) is 9.63. The van der Waals surface area contributed by atoms with Crippen molar-refractivity contribution in [2.24, 2.45) is 5.14 Å². The van der Waals surface area contributed by atoms with Crippen molar-refractivity contribution in [1.82, 2.24) is 0 Å². The van der Waals surface area contributed by atoms with Crippen LogP contribution in [0.1, 0.15) is 17.9 Å². The normalized spacial score (nSPS) is 13.9. The van der Waals surface area contributed by atoms with Gasteiger partial charge in [0.15, 0.2) is 0 Å². The van der Waals surface area contributed by atoms with Gasteiger partial charge in [0.05, 0.1) is 11.6 Å². The van der Waals surface area contributed by atoms with Crippen LogP contribution in [0.25, 0.3) is 0 Å². The minimum Gasteiger partial charge on any atom is -0.251 e. The zero-order chi connectivity index (χ0) is 13.1. The van der Waals surface area contributed by atoms with Crippen molar-refractivity contribution in [1.29, 1.82) is 0 Å². The molecule has 0 bridgehead atoms. The second kappa shape index (κ2) is 5.50. The highest BCUT2D eigenvalue weighted by Crippen LogP contribution is 2.28. The van der Waals surface area contributed by atoms with Gasteiger partial charge in [0, 0.05) is 5.92 Å². The number of rotatable bonds is 5. The van der Waals surface area contributed by atoms with E-state index in [1.807, 2.05) is 0 Å². The van der Waals surface area contributed by atoms with E-state index in [1.165, 1.54) is 18.2 Å². The molecule has 1 atom stereocenters. The first-order valence-electron chi connectivity index (χ1n) is 4.83. The number of nitrogens with two attached hydrogens (primary N) is 1. The molecule has 0 saturated heterocycles. The van der Waals surface area contributed by atoms with E-state index in [1.54, 1.807) is 0 Å². The Bertz CT molecular complexity index is 476. The molecular formula is C10H12F3NO2S. The van der Waals surface area contributed by atoms with Crippen LogP contribution in [-0.4, -0.2) is 21.5 Å². The minimum atomic E-state index is -3.94. The summed E-state index contributed by atoms with van der Waals surface area (Å²) in [6.07, 6.45) is -3.10. The van der Waals surface area contributed by atoms with Crippen LogP contribution in [0.5, 0.6) is 0 Å². The first kappa shape index (κ1) is 14.0. The van der Waals surface area contributed by atoms with E-state index < -0.39 is 29.0 Å². The monoisotopic (exact) mass is 267 g/mol. The highest BCUT2D eigenvalue weighted by molar-refractivity contribution is 7.89. The number of hydrogen-bond donors (Lipinski definition) is 1. The summed E-state index contributed by atoms with van der Waals surface area (Å²) in [6, 6.07) is 4.91. The predicted octanol–water partition coefficient (Wildman–Crippen LogP) is 2.04. The van der Waals surface area contributed by atoms with Gasteiger partial charge < -0.3 is 0 Å². The average Bonchev–Trinajstić information content (AvgIpc) is 2.24. The lowest BCUT2D eigenvalue weighted by Crippen LogP contribution is -2.14. The van der Waals surface area contributed by atoms with E-state index in [4.69, 9.17) is 5.14 Å². The SMILES string of the molecule is NS(=O)(=O)c1cccc(C(CCF)C(F)F)c1. The molecule has 0 aromatic heterocycles. The highest BCUT2D eigenvalue weighted by Gasteiger charge is 2.23. The summed E-state index contributed by atoms with van der Waals surface area (Å²) in [5, 5.41) is 4.89. The standard InChI is InChI=1S/C10H12F3NO2S/c11-5-4-9(10(12)13)7-2-1-3-8(6-7)17(14,15)16/h1-3,6,9-10H,4-5H2,(H2,14,15,16). The Morgan fingerprint density at radius 2 is 1.94 bits per heavy atom. The maximum Gasteiger partial charge on any atom is 0.245 e. The first-order valence-corrected chi connectivity index (χ1v) is 6.37. The predicted molar refractivity (Wildman–Crippen MR) is 57.2 cm³/mol. The zero-order valence-electron chi connectivity index (χ0n) is 8.81. The Morgan fingerprint density at radius 3 is 2.41 bits per heavy atom. The van der Waals surface area contributed by atoms with Gasteiger partial charge in [0.1, 0.15) is 0 Å². The molecule has 1 aromatic carbocycles. The van der Waals surface area contributed by atoms with Gasteiger partial charge >= 0.3 is 0 Å². The fourth-order valence-corrected chi connectivity index (χ4v) is 2.05. The summed E-state index contributed by atoms with van der Waals surface area (Å²) in [5.74, 6) is -1.32. The second-order valence-corrected chi connectivity index (χ2v) is 5.10. The van der Waals surface area contributed by atoms with Crippen molar-refractivity contribution in [3.63, 3.8) is 0 Å². The average molecular weight is 267 g/mol. The molecule has 0 spiro atoms. The van der Waals surface area contributed by atoms with E-state index in [0.29, 0.717) is 0 Å². The third-order valence-electron chi connectivity index (χ3n) is 2.34. The molecule has 96 valence electrons. The fourth-order valence-electron chi connectivity index (χ4n) is 1.48. The largest absolute Gasteiger partial charge is 0.251 e. The molecule has 0 saturated carbocycles. The third-order valence-corrected chi connectivity index (χ3v) is 3.25. The smallest absolute Gasteiger partial charge is 0.245 e. The van der Waals surface area contributed by atoms with E-state index in [0.717, 1.165) is 6.07 Å². The van der Waals surface area contributed by atoms with Gasteiger partial charge in [-0.2, -0.15) is 0 Å². The second-order valence-electron chi connectivity index (χ2n) is 3.54. The van der Waals surface area contributed by atoms with Crippen molar-refractivity contribution in [3.05, 3.63) is 29.8 Å². The molecular weight excluding hydrogens is 255 g/mol. The van der Waals surface area contributed by atoms with E-state index in [2.05, 4.69) is 0 Å². The summed E-state index contributed by atoms with van der Waals surface area (Å²) in [7, 11) is -3.94. The number of sulfonamides is 1. The van der Waals surface area contributed by atoms with Crippen LogP contribution < -0.4 is 5.14 Å². The van der Waals surface area contributed by atoms with E-state index in [9.17, 15) is 21.6 Å². The maximum absolute atomic E-state index is 12.7. The van der Waals surface area contributed by atoms with Gasteiger partial charge in [-0.3, -0.25) is 4.39 Å². The number of primary sulfonamides is 1. The molecule has 0 heterocycles. The molecule has 0 amide bonds. The topological polar surface area (TPSA) is 60.2 Å². The lowest BCUT2D eigenvalue weighted by Gasteiger charge is -2.15. The maximum atomic E-state index is 12.7. The quantitative estimate of drug-likeness (QED) is 0.887.